The SMILES string of the molecule is C=CCCC(=O)OC[C@H](NC(=O)[C@H]1[C@@H]2O[C@@]3(CC2Br)[C@@H]1C(=O)N([C@H](CO)c1ccccc1)[C@@H]3C(=O)N(CC=C)c1ccc(OC)cc1)c1ccccc1. The predicted octanol–water partition coefficient (Wildman–Crippen LogP) is 5.06. The largest absolute Gasteiger partial charge is 0.497 e. The van der Waals surface area contributed by atoms with E-state index in [4.69, 9.17) is 14.2 Å². The predicted molar refractivity (Wildman–Crippen MR) is 202 cm³/mol. The Hall–Kier alpha value is -4.78. The molecule has 278 valence electrons. The zero-order valence-electron chi connectivity index (χ0n) is 29.5. The van der Waals surface area contributed by atoms with Gasteiger partial charge in [0.05, 0.1) is 43.7 Å². The molecule has 3 aliphatic rings. The number of alkyl halides is 1. The Morgan fingerprint density at radius 2 is 1.70 bits per heavy atom. The molecular formula is C41H44BrN3O8. The van der Waals surface area contributed by atoms with Gasteiger partial charge < -0.3 is 34.4 Å². The Balaban J connectivity index is 1.39. The molecular weight excluding hydrogens is 742 g/mol. The van der Waals surface area contributed by atoms with Gasteiger partial charge in [0.1, 0.15) is 24.0 Å². The summed E-state index contributed by atoms with van der Waals surface area (Å²) in [6.45, 7) is 7.06. The molecule has 3 heterocycles. The molecule has 12 heteroatoms. The molecule has 3 amide bonds. The number of carbonyl (C=O) groups is 4. The number of halogens is 1. The van der Waals surface area contributed by atoms with Gasteiger partial charge in [-0.25, -0.2) is 0 Å². The number of ether oxygens (including phenoxy) is 3. The monoisotopic (exact) mass is 785 g/mol. The minimum Gasteiger partial charge on any atom is -0.497 e. The molecule has 0 aliphatic carbocycles. The summed E-state index contributed by atoms with van der Waals surface area (Å²) < 4.78 is 17.7. The highest BCUT2D eigenvalue weighted by atomic mass is 79.9. The smallest absolute Gasteiger partial charge is 0.306 e. The van der Waals surface area contributed by atoms with Gasteiger partial charge in [-0.3, -0.25) is 19.2 Å². The van der Waals surface area contributed by atoms with Gasteiger partial charge in [-0.15, -0.1) is 13.2 Å². The van der Waals surface area contributed by atoms with Crippen LogP contribution < -0.4 is 15.0 Å². The average molecular weight is 787 g/mol. The van der Waals surface area contributed by atoms with Crippen LogP contribution in [-0.4, -0.2) is 83.1 Å². The summed E-state index contributed by atoms with van der Waals surface area (Å²) in [7, 11) is 1.55. The summed E-state index contributed by atoms with van der Waals surface area (Å²) in [4.78, 5) is 59.8. The van der Waals surface area contributed by atoms with Gasteiger partial charge >= 0.3 is 5.97 Å². The van der Waals surface area contributed by atoms with Crippen molar-refractivity contribution in [3.63, 3.8) is 0 Å². The van der Waals surface area contributed by atoms with Crippen LogP contribution in [0.5, 0.6) is 5.75 Å². The Labute approximate surface area is 317 Å². The second-order valence-corrected chi connectivity index (χ2v) is 14.6. The van der Waals surface area contributed by atoms with Crippen LogP contribution >= 0.6 is 15.9 Å². The van der Waals surface area contributed by atoms with Crippen molar-refractivity contribution >= 4 is 45.3 Å². The molecule has 3 aromatic carbocycles. The fourth-order valence-corrected chi connectivity index (χ4v) is 8.96. The zero-order valence-corrected chi connectivity index (χ0v) is 31.1. The third kappa shape index (κ3) is 7.27. The lowest BCUT2D eigenvalue weighted by Crippen LogP contribution is -2.57. The molecule has 3 aromatic rings. The number of aliphatic hydroxyl groups excluding tert-OH is 1. The summed E-state index contributed by atoms with van der Waals surface area (Å²) in [5.41, 5.74) is 0.477. The lowest BCUT2D eigenvalue weighted by atomic mass is 9.70. The summed E-state index contributed by atoms with van der Waals surface area (Å²) in [6, 6.07) is 22.3. The zero-order chi connectivity index (χ0) is 37.7. The number of anilines is 1. The number of amides is 3. The maximum absolute atomic E-state index is 15.1. The van der Waals surface area contributed by atoms with E-state index in [9.17, 15) is 14.7 Å². The molecule has 6 rings (SSSR count). The Morgan fingerprint density at radius 3 is 2.30 bits per heavy atom. The molecule has 53 heavy (non-hydrogen) atoms. The van der Waals surface area contributed by atoms with Gasteiger partial charge in [-0.05, 0) is 48.2 Å². The number of methoxy groups -OCH3 is 1. The van der Waals surface area contributed by atoms with Crippen molar-refractivity contribution in [3.05, 3.63) is 121 Å². The lowest BCUT2D eigenvalue weighted by molar-refractivity contribution is -0.146. The summed E-state index contributed by atoms with van der Waals surface area (Å²) >= 11 is 3.75. The van der Waals surface area contributed by atoms with Crippen LogP contribution in [0.2, 0.25) is 0 Å². The van der Waals surface area contributed by atoms with Gasteiger partial charge in [0.25, 0.3) is 5.91 Å². The molecule has 3 fully saturated rings. The fourth-order valence-electron chi connectivity index (χ4n) is 8.02. The van der Waals surface area contributed by atoms with E-state index in [0.29, 0.717) is 29.0 Å². The topological polar surface area (TPSA) is 135 Å². The molecule has 0 saturated carbocycles. The Morgan fingerprint density at radius 1 is 1.04 bits per heavy atom. The van der Waals surface area contributed by atoms with E-state index in [0.717, 1.165) is 0 Å². The first-order valence-electron chi connectivity index (χ1n) is 17.7. The van der Waals surface area contributed by atoms with E-state index < -0.39 is 72.0 Å². The molecule has 0 radical (unpaired) electrons. The quantitative estimate of drug-likeness (QED) is 0.117. The van der Waals surface area contributed by atoms with Crippen molar-refractivity contribution in [1.82, 2.24) is 10.2 Å². The molecule has 11 nitrogen and oxygen atoms in total. The van der Waals surface area contributed by atoms with Crippen LogP contribution in [0.25, 0.3) is 0 Å². The fraction of sp³-hybridized carbons (Fsp3) is 0.366. The number of nitrogens with one attached hydrogen (secondary N) is 1. The standard InChI is InChI=1S/C41H44BrN3O8/c1-4-6-17-33(47)52-25-31(26-13-9-7-10-14-26)43-38(48)34-35-39(49)45(32(24-46)27-15-11-8-12-16-27)37(41(35)23-30(42)36(34)53-41)40(50)44(22-5-2)28-18-20-29(51-3)21-19-28/h4-5,7-16,18-21,30-32,34-37,46H,1-2,6,17,22-25H2,3H3,(H,43,48)/t30?,31-,32+,34+,35-,36+,37+,41-/m0/s1. The van der Waals surface area contributed by atoms with Crippen molar-refractivity contribution in [1.29, 1.82) is 0 Å². The van der Waals surface area contributed by atoms with Crippen LogP contribution in [0.1, 0.15) is 42.5 Å². The molecule has 3 saturated heterocycles. The van der Waals surface area contributed by atoms with Gasteiger partial charge in [0, 0.05) is 23.5 Å². The first kappa shape index (κ1) is 38.0. The number of benzene rings is 3. The highest BCUT2D eigenvalue weighted by Gasteiger charge is 2.77. The highest BCUT2D eigenvalue weighted by molar-refractivity contribution is 9.09. The van der Waals surface area contributed by atoms with Crippen LogP contribution in [0, 0.1) is 11.8 Å². The van der Waals surface area contributed by atoms with E-state index in [1.54, 1.807) is 67.8 Å². The Bertz CT molecular complexity index is 1810. The van der Waals surface area contributed by atoms with Crippen molar-refractivity contribution in [2.75, 3.05) is 31.8 Å². The van der Waals surface area contributed by atoms with Gasteiger partial charge in [-0.1, -0.05) is 88.7 Å². The van der Waals surface area contributed by atoms with Crippen molar-refractivity contribution in [2.24, 2.45) is 11.8 Å². The number of hydrogen-bond acceptors (Lipinski definition) is 8. The number of likely N-dealkylation sites (tertiary alicyclic amines) is 1. The second kappa shape index (κ2) is 16.5. The van der Waals surface area contributed by atoms with Crippen LogP contribution in [0.4, 0.5) is 5.69 Å². The molecule has 1 unspecified atom stereocenters. The molecule has 0 aromatic heterocycles. The number of aliphatic hydroxyl groups is 1. The van der Waals surface area contributed by atoms with E-state index >= 15 is 9.59 Å². The summed E-state index contributed by atoms with van der Waals surface area (Å²) in [6.07, 6.45) is 3.37. The molecule has 1 spiro atoms. The van der Waals surface area contributed by atoms with Crippen molar-refractivity contribution in [3.8, 4) is 5.75 Å². The maximum atomic E-state index is 15.1. The lowest BCUT2D eigenvalue weighted by Gasteiger charge is -2.39. The first-order chi connectivity index (χ1) is 25.7. The molecule has 2 N–H and O–H groups in total. The molecule has 2 bridgehead atoms. The van der Waals surface area contributed by atoms with E-state index in [1.165, 1.54) is 9.80 Å². The van der Waals surface area contributed by atoms with E-state index in [1.807, 2.05) is 36.4 Å². The van der Waals surface area contributed by atoms with Gasteiger partial charge in [0.2, 0.25) is 11.8 Å². The minimum atomic E-state index is -1.41. The molecule has 3 aliphatic heterocycles. The van der Waals surface area contributed by atoms with Gasteiger partial charge in [-0.2, -0.15) is 0 Å². The highest BCUT2D eigenvalue weighted by Crippen LogP contribution is 2.61. The number of hydrogen-bond donors (Lipinski definition) is 2. The third-order valence-electron chi connectivity index (χ3n) is 10.4. The van der Waals surface area contributed by atoms with E-state index in [2.05, 4.69) is 34.4 Å². The molecule has 8 atom stereocenters. The number of esters is 1. The normalized spacial score (nSPS) is 25.2. The number of allylic oxidation sites excluding steroid dienone is 1. The van der Waals surface area contributed by atoms with Crippen LogP contribution in [0.15, 0.2) is 110 Å². The first-order valence-corrected chi connectivity index (χ1v) is 18.6. The van der Waals surface area contributed by atoms with Crippen molar-refractivity contribution < 1.29 is 38.5 Å². The van der Waals surface area contributed by atoms with Crippen molar-refractivity contribution in [2.45, 2.75) is 53.9 Å². The summed E-state index contributed by atoms with van der Waals surface area (Å²) in [5, 5.41) is 14.0. The van der Waals surface area contributed by atoms with Crippen LogP contribution in [0.3, 0.4) is 0 Å². The van der Waals surface area contributed by atoms with Crippen LogP contribution in [-0.2, 0) is 28.7 Å². The van der Waals surface area contributed by atoms with E-state index in [-0.39, 0.29) is 30.8 Å². The third-order valence-corrected chi connectivity index (χ3v) is 11.2. The number of fused-ring (bicyclic) bond motifs is 1. The number of carbonyl (C=O) groups excluding carboxylic acids is 4. The minimum absolute atomic E-state index is 0.120. The number of nitrogens with zero attached hydrogens (tertiary/aromatic N) is 2. The Kier molecular flexibility index (Phi) is 11.8. The second-order valence-electron chi connectivity index (χ2n) is 13.4. The van der Waals surface area contributed by atoms with Gasteiger partial charge in [0.15, 0.2) is 0 Å². The number of rotatable bonds is 16. The average Bonchev–Trinajstić information content (AvgIpc) is 3.78. The maximum Gasteiger partial charge on any atom is 0.306 e. The summed E-state index contributed by atoms with van der Waals surface area (Å²) in [5.74, 6) is -3.25.